The molecule has 0 atom stereocenters. The van der Waals surface area contributed by atoms with Gasteiger partial charge in [0.2, 0.25) is 11.1 Å². The van der Waals surface area contributed by atoms with Crippen molar-refractivity contribution in [3.8, 4) is 0 Å². The third kappa shape index (κ3) is 1.39. The standard InChI is InChI=1S/C15H10NO.ClH/c1-2-6-12-11(5-1)9-10-15-16(12)13-7-3-4-8-14(13)17-15;/h1-10H;1H/q+1;/p-1. The van der Waals surface area contributed by atoms with Gasteiger partial charge in [0.1, 0.15) is 0 Å². The quantitative estimate of drug-likeness (QED) is 0.414. The van der Waals surface area contributed by atoms with Gasteiger partial charge in [-0.1, -0.05) is 24.3 Å². The molecule has 0 aliphatic carbocycles. The van der Waals surface area contributed by atoms with Gasteiger partial charge in [0.15, 0.2) is 0 Å². The van der Waals surface area contributed by atoms with Gasteiger partial charge in [-0.3, -0.25) is 0 Å². The molecular weight excluding hydrogens is 246 g/mol. The summed E-state index contributed by atoms with van der Waals surface area (Å²) in [7, 11) is 0. The van der Waals surface area contributed by atoms with Gasteiger partial charge in [0, 0.05) is 17.5 Å². The van der Waals surface area contributed by atoms with Gasteiger partial charge < -0.3 is 16.8 Å². The Morgan fingerprint density at radius 1 is 0.722 bits per heavy atom. The van der Waals surface area contributed by atoms with E-state index in [-0.39, 0.29) is 12.4 Å². The Hall–Kier alpha value is -2.06. The van der Waals surface area contributed by atoms with Crippen LogP contribution in [-0.4, -0.2) is 0 Å². The topological polar surface area (TPSA) is 17.2 Å². The predicted molar refractivity (Wildman–Crippen MR) is 66.9 cm³/mol. The second kappa shape index (κ2) is 4.00. The summed E-state index contributed by atoms with van der Waals surface area (Å²) in [6.45, 7) is 0. The maximum absolute atomic E-state index is 5.82. The Balaban J connectivity index is 0.000001000. The van der Waals surface area contributed by atoms with E-state index < -0.39 is 0 Å². The molecule has 2 heterocycles. The summed E-state index contributed by atoms with van der Waals surface area (Å²) in [6.07, 6.45) is 0. The van der Waals surface area contributed by atoms with Crippen molar-refractivity contribution in [2.45, 2.75) is 0 Å². The van der Waals surface area contributed by atoms with E-state index in [1.165, 1.54) is 10.9 Å². The Kier molecular flexibility index (Phi) is 2.46. The maximum Gasteiger partial charge on any atom is 0.380 e. The van der Waals surface area contributed by atoms with Crippen LogP contribution in [0.2, 0.25) is 0 Å². The summed E-state index contributed by atoms with van der Waals surface area (Å²) in [6, 6.07) is 20.5. The van der Waals surface area contributed by atoms with Gasteiger partial charge in [-0.25, -0.2) is 0 Å². The minimum Gasteiger partial charge on any atom is -1.00 e. The monoisotopic (exact) mass is 255 g/mol. The fourth-order valence-corrected chi connectivity index (χ4v) is 2.36. The second-order valence-electron chi connectivity index (χ2n) is 4.14. The van der Waals surface area contributed by atoms with E-state index in [1.807, 2.05) is 24.3 Å². The fraction of sp³-hybridized carbons (Fsp3) is 0. The molecule has 3 heteroatoms. The zero-order valence-electron chi connectivity index (χ0n) is 9.51. The van der Waals surface area contributed by atoms with Crippen molar-refractivity contribution in [1.82, 2.24) is 0 Å². The highest BCUT2D eigenvalue weighted by molar-refractivity contribution is 5.80. The zero-order valence-corrected chi connectivity index (χ0v) is 10.3. The van der Waals surface area contributed by atoms with Crippen molar-refractivity contribution >= 4 is 27.7 Å². The van der Waals surface area contributed by atoms with Gasteiger partial charge in [0.05, 0.1) is 6.07 Å². The summed E-state index contributed by atoms with van der Waals surface area (Å²) >= 11 is 0. The molecule has 2 aromatic carbocycles. The summed E-state index contributed by atoms with van der Waals surface area (Å²) in [5, 5.41) is 1.22. The van der Waals surface area contributed by atoms with Gasteiger partial charge in [0.25, 0.3) is 5.52 Å². The third-order valence-electron chi connectivity index (χ3n) is 3.12. The number of para-hydroxylation sites is 3. The smallest absolute Gasteiger partial charge is 0.380 e. The highest BCUT2D eigenvalue weighted by atomic mass is 35.5. The van der Waals surface area contributed by atoms with Crippen molar-refractivity contribution in [3.63, 3.8) is 0 Å². The molecule has 18 heavy (non-hydrogen) atoms. The second-order valence-corrected chi connectivity index (χ2v) is 4.14. The first-order valence-corrected chi connectivity index (χ1v) is 5.64. The first kappa shape index (κ1) is 11.1. The van der Waals surface area contributed by atoms with E-state index >= 15 is 0 Å². The average molecular weight is 256 g/mol. The molecule has 2 aromatic heterocycles. The highest BCUT2D eigenvalue weighted by Crippen LogP contribution is 2.18. The van der Waals surface area contributed by atoms with Gasteiger partial charge in [-0.15, -0.1) is 4.40 Å². The van der Waals surface area contributed by atoms with Crippen molar-refractivity contribution in [3.05, 3.63) is 60.7 Å². The molecule has 0 bridgehead atoms. The molecule has 0 aliphatic rings. The lowest BCUT2D eigenvalue weighted by Crippen LogP contribution is -3.00. The van der Waals surface area contributed by atoms with Gasteiger partial charge in [-0.2, -0.15) is 0 Å². The van der Waals surface area contributed by atoms with Crippen LogP contribution >= 0.6 is 0 Å². The number of rotatable bonds is 0. The molecule has 0 aliphatic heterocycles. The van der Waals surface area contributed by atoms with Gasteiger partial charge in [-0.05, 0) is 18.2 Å². The third-order valence-corrected chi connectivity index (χ3v) is 3.12. The number of hydrogen-bond acceptors (Lipinski definition) is 1. The SMILES string of the molecule is [Cl-].c1ccc2c(c1)ccc1oc3ccccc3[n+]12. The van der Waals surface area contributed by atoms with Crippen LogP contribution in [0.25, 0.3) is 27.7 Å². The highest BCUT2D eigenvalue weighted by Gasteiger charge is 2.17. The van der Waals surface area contributed by atoms with Crippen LogP contribution in [0.4, 0.5) is 0 Å². The van der Waals surface area contributed by atoms with E-state index in [0.29, 0.717) is 0 Å². The molecule has 0 spiro atoms. The molecule has 4 rings (SSSR count). The van der Waals surface area contributed by atoms with Crippen LogP contribution in [0.15, 0.2) is 65.1 Å². The lowest BCUT2D eigenvalue weighted by Gasteiger charge is -1.91. The van der Waals surface area contributed by atoms with Crippen LogP contribution in [0, 0.1) is 0 Å². The van der Waals surface area contributed by atoms with Crippen LogP contribution < -0.4 is 16.8 Å². The van der Waals surface area contributed by atoms with Crippen LogP contribution in [0.1, 0.15) is 0 Å². The number of nitrogens with zero attached hydrogens (tertiary/aromatic N) is 1. The first-order valence-electron chi connectivity index (χ1n) is 5.64. The summed E-state index contributed by atoms with van der Waals surface area (Å²) in [4.78, 5) is 0. The minimum atomic E-state index is 0. The average Bonchev–Trinajstić information content (AvgIpc) is 2.77. The Bertz CT molecular complexity index is 845. The van der Waals surface area contributed by atoms with E-state index in [1.54, 1.807) is 0 Å². The van der Waals surface area contributed by atoms with E-state index in [4.69, 9.17) is 4.42 Å². The molecule has 0 fully saturated rings. The summed E-state index contributed by atoms with van der Waals surface area (Å²) in [5.41, 5.74) is 4.09. The number of hydrogen-bond donors (Lipinski definition) is 0. The molecule has 0 unspecified atom stereocenters. The first-order chi connectivity index (χ1) is 8.43. The molecule has 0 saturated heterocycles. The largest absolute Gasteiger partial charge is 1.00 e. The maximum atomic E-state index is 5.82. The van der Waals surface area contributed by atoms with Crippen LogP contribution in [-0.2, 0) is 0 Å². The number of oxazole rings is 1. The lowest BCUT2D eigenvalue weighted by molar-refractivity contribution is -0.454. The minimum absolute atomic E-state index is 0. The number of halogens is 1. The molecule has 0 radical (unpaired) electrons. The van der Waals surface area contributed by atoms with Crippen LogP contribution in [0.5, 0.6) is 0 Å². The van der Waals surface area contributed by atoms with E-state index in [2.05, 4.69) is 40.8 Å². The fourth-order valence-electron chi connectivity index (χ4n) is 2.36. The van der Waals surface area contributed by atoms with Crippen molar-refractivity contribution in [1.29, 1.82) is 0 Å². The summed E-state index contributed by atoms with van der Waals surface area (Å²) in [5.74, 6) is 0. The number of pyridine rings is 1. The molecule has 2 nitrogen and oxygen atoms in total. The molecule has 88 valence electrons. The lowest BCUT2D eigenvalue weighted by atomic mass is 10.2. The normalized spacial score (nSPS) is 10.9. The molecule has 0 saturated carbocycles. The van der Waals surface area contributed by atoms with Crippen molar-refractivity contribution < 1.29 is 21.2 Å². The Labute approximate surface area is 110 Å². The molecular formula is C15H10ClNO. The zero-order chi connectivity index (χ0) is 11.2. The Morgan fingerprint density at radius 2 is 1.44 bits per heavy atom. The Morgan fingerprint density at radius 3 is 2.33 bits per heavy atom. The molecule has 0 amide bonds. The molecule has 4 aromatic rings. The number of fused-ring (bicyclic) bond motifs is 5. The van der Waals surface area contributed by atoms with Crippen LogP contribution in [0.3, 0.4) is 0 Å². The predicted octanol–water partition coefficient (Wildman–Crippen LogP) is 0.329. The number of aromatic nitrogens is 1. The number of benzene rings is 2. The van der Waals surface area contributed by atoms with Crippen molar-refractivity contribution in [2.24, 2.45) is 0 Å². The van der Waals surface area contributed by atoms with Crippen molar-refractivity contribution in [2.75, 3.05) is 0 Å². The summed E-state index contributed by atoms with van der Waals surface area (Å²) < 4.78 is 7.98. The molecule has 0 N–H and O–H groups in total. The van der Waals surface area contributed by atoms with Gasteiger partial charge >= 0.3 is 5.71 Å². The van der Waals surface area contributed by atoms with E-state index in [9.17, 15) is 0 Å². The van der Waals surface area contributed by atoms with E-state index in [0.717, 1.165) is 16.8 Å².